The summed E-state index contributed by atoms with van der Waals surface area (Å²) in [6, 6.07) is 9.33. The van der Waals surface area contributed by atoms with E-state index in [9.17, 15) is 0 Å². The SMILES string of the molecule is CCCCCCCCCCCCCC[n+]1ccc(SCCCCCCCCCCSc2cc[n+](CCCCCCCCCCCCCC)cc2)cc1.[I-].[I-]. The number of aromatic nitrogens is 2. The predicted octanol–water partition coefficient (Wildman–Crippen LogP) is 9.68. The highest BCUT2D eigenvalue weighted by Crippen LogP contribution is 2.21. The standard InChI is InChI=1S/C48H86N2S2.2HI/c1-3-5-7-9-11-13-15-17-19-23-27-31-39-49-41-35-47(36-42-49)51-45-33-29-25-21-22-26-30-34-46-52-48-37-43-50(44-38-48)40-32-28-24-20-18-16-14-12-10-8-6-4-2;;/h35-38,41-44H,3-34,39-40,45-46H2,1-2H3;2*1H/q+2;;/p-2. The van der Waals surface area contributed by atoms with Gasteiger partial charge < -0.3 is 48.0 Å². The molecule has 0 unspecified atom stereocenters. The van der Waals surface area contributed by atoms with Gasteiger partial charge in [-0.1, -0.05) is 181 Å². The van der Waals surface area contributed by atoms with Gasteiger partial charge in [-0.05, 0) is 37.2 Å². The van der Waals surface area contributed by atoms with Gasteiger partial charge in [0.1, 0.15) is 13.1 Å². The van der Waals surface area contributed by atoms with E-state index in [1.165, 1.54) is 240 Å². The molecule has 2 nitrogen and oxygen atoms in total. The predicted molar refractivity (Wildman–Crippen MR) is 234 cm³/mol. The Morgan fingerprint density at radius 2 is 0.537 bits per heavy atom. The number of hydrogen-bond acceptors (Lipinski definition) is 2. The molecule has 2 aromatic rings. The number of halogens is 2. The Hall–Kier alpha value is 0.460. The largest absolute Gasteiger partial charge is 1.00 e. The number of rotatable bonds is 39. The highest BCUT2D eigenvalue weighted by atomic mass is 127. The number of pyridine rings is 2. The summed E-state index contributed by atoms with van der Waals surface area (Å²) >= 11 is 4.09. The molecular formula is C48H86I2N2S2. The normalized spacial score (nSPS) is 11.1. The lowest BCUT2D eigenvalue weighted by Gasteiger charge is -2.04. The van der Waals surface area contributed by atoms with E-state index in [1.807, 2.05) is 23.5 Å². The molecule has 0 radical (unpaired) electrons. The molecule has 0 bridgehead atoms. The van der Waals surface area contributed by atoms with Gasteiger partial charge in [-0.15, -0.1) is 23.5 Å². The third-order valence-corrected chi connectivity index (χ3v) is 13.0. The van der Waals surface area contributed by atoms with Crippen molar-refractivity contribution in [3.63, 3.8) is 0 Å². The topological polar surface area (TPSA) is 7.76 Å². The van der Waals surface area contributed by atoms with Gasteiger partial charge in [-0.25, -0.2) is 9.13 Å². The Bertz CT molecular complexity index is 923. The molecule has 6 heteroatoms. The van der Waals surface area contributed by atoms with Gasteiger partial charge in [0.05, 0.1) is 0 Å². The Balaban J connectivity index is 0.0000140. The van der Waals surface area contributed by atoms with Crippen molar-refractivity contribution < 1.29 is 57.1 Å². The Labute approximate surface area is 380 Å². The van der Waals surface area contributed by atoms with Crippen molar-refractivity contribution in [1.82, 2.24) is 0 Å². The van der Waals surface area contributed by atoms with E-state index in [-0.39, 0.29) is 48.0 Å². The molecule has 0 aliphatic rings. The molecule has 0 saturated heterocycles. The second-order valence-corrected chi connectivity index (χ2v) is 18.2. The van der Waals surface area contributed by atoms with Crippen molar-refractivity contribution in [1.29, 1.82) is 0 Å². The fourth-order valence-corrected chi connectivity index (χ4v) is 9.09. The highest BCUT2D eigenvalue weighted by Gasteiger charge is 2.04. The maximum atomic E-state index is 2.39. The van der Waals surface area contributed by atoms with Crippen LogP contribution in [0.1, 0.15) is 219 Å². The summed E-state index contributed by atoms with van der Waals surface area (Å²) in [6.45, 7) is 6.95. The summed E-state index contributed by atoms with van der Waals surface area (Å²) in [7, 11) is 0. The van der Waals surface area contributed by atoms with E-state index in [0.717, 1.165) is 0 Å². The van der Waals surface area contributed by atoms with Gasteiger partial charge in [-0.3, -0.25) is 0 Å². The molecule has 2 heterocycles. The van der Waals surface area contributed by atoms with E-state index >= 15 is 0 Å². The average Bonchev–Trinajstić information content (AvgIpc) is 3.17. The maximum Gasteiger partial charge on any atom is 0.169 e. The number of aryl methyl sites for hydroxylation is 2. The first-order valence-electron chi connectivity index (χ1n) is 23.1. The molecule has 0 amide bonds. The van der Waals surface area contributed by atoms with Crippen molar-refractivity contribution in [3.05, 3.63) is 49.1 Å². The van der Waals surface area contributed by atoms with Gasteiger partial charge in [0, 0.05) is 46.9 Å². The fraction of sp³-hybridized carbons (Fsp3) is 0.792. The lowest BCUT2D eigenvalue weighted by molar-refractivity contribution is -0.697. The smallest absolute Gasteiger partial charge is 0.169 e. The van der Waals surface area contributed by atoms with E-state index in [4.69, 9.17) is 0 Å². The molecule has 54 heavy (non-hydrogen) atoms. The summed E-state index contributed by atoms with van der Waals surface area (Å²) in [5.74, 6) is 2.53. The number of thioether (sulfide) groups is 2. The van der Waals surface area contributed by atoms with Crippen LogP contribution >= 0.6 is 23.5 Å². The third kappa shape index (κ3) is 34.5. The van der Waals surface area contributed by atoms with Crippen molar-refractivity contribution >= 4 is 23.5 Å². The monoisotopic (exact) mass is 1010 g/mol. The first kappa shape index (κ1) is 54.5. The van der Waals surface area contributed by atoms with Crippen LogP contribution in [-0.4, -0.2) is 11.5 Å². The molecule has 0 atom stereocenters. The molecule has 0 fully saturated rings. The van der Waals surface area contributed by atoms with Crippen LogP contribution in [0, 0.1) is 0 Å². The first-order valence-corrected chi connectivity index (χ1v) is 25.0. The van der Waals surface area contributed by atoms with Crippen molar-refractivity contribution in [2.24, 2.45) is 0 Å². The molecule has 0 saturated carbocycles. The Morgan fingerprint density at radius 1 is 0.315 bits per heavy atom. The average molecular weight is 1010 g/mol. The molecule has 0 N–H and O–H groups in total. The molecule has 0 aromatic carbocycles. The first-order chi connectivity index (χ1) is 25.8. The van der Waals surface area contributed by atoms with Crippen LogP contribution in [0.4, 0.5) is 0 Å². The zero-order chi connectivity index (χ0) is 36.8. The zero-order valence-corrected chi connectivity index (χ0v) is 41.5. The molecule has 0 aliphatic heterocycles. The van der Waals surface area contributed by atoms with Gasteiger partial charge in [0.15, 0.2) is 24.8 Å². The number of hydrogen-bond donors (Lipinski definition) is 0. The highest BCUT2D eigenvalue weighted by molar-refractivity contribution is 7.99. The second-order valence-electron chi connectivity index (χ2n) is 15.8. The molecule has 2 rings (SSSR count). The lowest BCUT2D eigenvalue weighted by Crippen LogP contribution is -3.00. The van der Waals surface area contributed by atoms with Crippen LogP contribution in [0.5, 0.6) is 0 Å². The van der Waals surface area contributed by atoms with E-state index in [2.05, 4.69) is 72.0 Å². The minimum atomic E-state index is 0. The van der Waals surface area contributed by atoms with Crippen molar-refractivity contribution in [3.8, 4) is 0 Å². The molecular weight excluding hydrogens is 922 g/mol. The third-order valence-electron chi connectivity index (χ3n) is 10.8. The van der Waals surface area contributed by atoms with E-state index in [1.54, 1.807) is 0 Å². The van der Waals surface area contributed by atoms with Crippen LogP contribution in [0.2, 0.25) is 0 Å². The van der Waals surface area contributed by atoms with Crippen LogP contribution in [0.15, 0.2) is 58.8 Å². The van der Waals surface area contributed by atoms with Gasteiger partial charge in [0.2, 0.25) is 0 Å². The quantitative estimate of drug-likeness (QED) is 0.0286. The van der Waals surface area contributed by atoms with Gasteiger partial charge >= 0.3 is 0 Å². The van der Waals surface area contributed by atoms with Gasteiger partial charge in [-0.2, -0.15) is 0 Å². The van der Waals surface area contributed by atoms with Crippen LogP contribution in [0.25, 0.3) is 0 Å². The number of nitrogens with zero attached hydrogens (tertiary/aromatic N) is 2. The molecule has 0 spiro atoms. The van der Waals surface area contributed by atoms with Crippen molar-refractivity contribution in [2.75, 3.05) is 11.5 Å². The summed E-state index contributed by atoms with van der Waals surface area (Å²) in [5, 5.41) is 0. The minimum absolute atomic E-state index is 0. The van der Waals surface area contributed by atoms with Crippen LogP contribution in [-0.2, 0) is 13.1 Å². The Morgan fingerprint density at radius 3 is 0.796 bits per heavy atom. The van der Waals surface area contributed by atoms with Crippen molar-refractivity contribution in [2.45, 2.75) is 242 Å². The minimum Gasteiger partial charge on any atom is -1.00 e. The lowest BCUT2D eigenvalue weighted by atomic mass is 10.1. The van der Waals surface area contributed by atoms with Crippen LogP contribution < -0.4 is 57.1 Å². The second kappa shape index (κ2) is 43.0. The molecule has 0 aliphatic carbocycles. The summed E-state index contributed by atoms with van der Waals surface area (Å²) < 4.78 is 4.77. The zero-order valence-electron chi connectivity index (χ0n) is 35.5. The van der Waals surface area contributed by atoms with Gasteiger partial charge in [0.25, 0.3) is 0 Å². The summed E-state index contributed by atoms with van der Waals surface area (Å²) in [5.41, 5.74) is 0. The number of unbranched alkanes of at least 4 members (excludes halogenated alkanes) is 29. The van der Waals surface area contributed by atoms with E-state index < -0.39 is 0 Å². The fourth-order valence-electron chi connectivity index (χ4n) is 7.29. The van der Waals surface area contributed by atoms with E-state index in [0.29, 0.717) is 0 Å². The summed E-state index contributed by atoms with van der Waals surface area (Å²) in [6.07, 6.45) is 54.5. The maximum absolute atomic E-state index is 2.39. The summed E-state index contributed by atoms with van der Waals surface area (Å²) in [4.78, 5) is 2.88. The Kier molecular flexibility index (Phi) is 43.4. The molecule has 314 valence electrons. The van der Waals surface area contributed by atoms with Crippen LogP contribution in [0.3, 0.4) is 0 Å². The molecule has 2 aromatic heterocycles.